The van der Waals surface area contributed by atoms with Crippen molar-refractivity contribution in [3.05, 3.63) is 60.3 Å². The second-order valence-corrected chi connectivity index (χ2v) is 5.02. The Morgan fingerprint density at radius 2 is 2.00 bits per heavy atom. The van der Waals surface area contributed by atoms with Crippen LogP contribution in [0.4, 0.5) is 0 Å². The van der Waals surface area contributed by atoms with Gasteiger partial charge in [-0.1, -0.05) is 36.4 Å². The third kappa shape index (κ3) is 2.82. The van der Waals surface area contributed by atoms with Crippen molar-refractivity contribution in [3.63, 3.8) is 0 Å². The maximum Gasteiger partial charge on any atom is 0.305 e. The summed E-state index contributed by atoms with van der Waals surface area (Å²) >= 11 is 0. The van der Waals surface area contributed by atoms with E-state index in [1.54, 1.807) is 0 Å². The van der Waals surface area contributed by atoms with Crippen LogP contribution in [0.5, 0.6) is 0 Å². The van der Waals surface area contributed by atoms with Crippen molar-refractivity contribution in [2.75, 3.05) is 7.11 Å². The SMILES string of the molecule is COC(=O)CCc1cccc(-c2cccc3[nH]ccc23)c1. The minimum Gasteiger partial charge on any atom is -0.469 e. The lowest BCUT2D eigenvalue weighted by atomic mass is 9.98. The normalized spacial score (nSPS) is 10.7. The van der Waals surface area contributed by atoms with Crippen molar-refractivity contribution in [2.24, 2.45) is 0 Å². The maximum atomic E-state index is 11.3. The first-order valence-electron chi connectivity index (χ1n) is 7.00. The molecule has 21 heavy (non-hydrogen) atoms. The average Bonchev–Trinajstić information content (AvgIpc) is 3.01. The molecular weight excluding hydrogens is 262 g/mol. The van der Waals surface area contributed by atoms with Crippen LogP contribution in [-0.2, 0) is 16.0 Å². The summed E-state index contributed by atoms with van der Waals surface area (Å²) < 4.78 is 4.69. The van der Waals surface area contributed by atoms with E-state index in [9.17, 15) is 4.79 Å². The molecule has 106 valence electrons. The largest absolute Gasteiger partial charge is 0.469 e. The van der Waals surface area contributed by atoms with Gasteiger partial charge in [-0.15, -0.1) is 0 Å². The quantitative estimate of drug-likeness (QED) is 0.735. The van der Waals surface area contributed by atoms with Crippen molar-refractivity contribution in [1.29, 1.82) is 0 Å². The third-order valence-corrected chi connectivity index (χ3v) is 3.68. The van der Waals surface area contributed by atoms with Crippen LogP contribution >= 0.6 is 0 Å². The van der Waals surface area contributed by atoms with Crippen LogP contribution in [0.1, 0.15) is 12.0 Å². The lowest BCUT2D eigenvalue weighted by molar-refractivity contribution is -0.140. The Balaban J connectivity index is 1.92. The Kier molecular flexibility index (Phi) is 3.73. The van der Waals surface area contributed by atoms with E-state index in [2.05, 4.69) is 41.4 Å². The van der Waals surface area contributed by atoms with Crippen molar-refractivity contribution in [3.8, 4) is 11.1 Å². The van der Waals surface area contributed by atoms with E-state index >= 15 is 0 Å². The monoisotopic (exact) mass is 279 g/mol. The number of aromatic nitrogens is 1. The summed E-state index contributed by atoms with van der Waals surface area (Å²) in [4.78, 5) is 14.5. The highest BCUT2D eigenvalue weighted by molar-refractivity contribution is 5.95. The predicted octanol–water partition coefficient (Wildman–Crippen LogP) is 3.94. The molecular formula is C18H17NO2. The van der Waals surface area contributed by atoms with Gasteiger partial charge in [0.25, 0.3) is 0 Å². The molecule has 0 bridgehead atoms. The Labute approximate surface area is 123 Å². The third-order valence-electron chi connectivity index (χ3n) is 3.68. The van der Waals surface area contributed by atoms with Crippen LogP contribution in [0.3, 0.4) is 0 Å². The molecule has 3 nitrogen and oxygen atoms in total. The zero-order valence-corrected chi connectivity index (χ0v) is 11.9. The number of hydrogen-bond donors (Lipinski definition) is 1. The molecule has 0 saturated carbocycles. The number of nitrogens with one attached hydrogen (secondary N) is 1. The molecule has 0 spiro atoms. The summed E-state index contributed by atoms with van der Waals surface area (Å²) in [5, 5.41) is 1.21. The lowest BCUT2D eigenvalue weighted by Gasteiger charge is -2.07. The van der Waals surface area contributed by atoms with Gasteiger partial charge in [-0.2, -0.15) is 0 Å². The maximum absolute atomic E-state index is 11.3. The van der Waals surface area contributed by atoms with Crippen LogP contribution < -0.4 is 0 Å². The van der Waals surface area contributed by atoms with E-state index in [1.807, 2.05) is 18.3 Å². The molecule has 0 atom stereocenters. The second-order valence-electron chi connectivity index (χ2n) is 5.02. The molecule has 0 amide bonds. The average molecular weight is 279 g/mol. The van der Waals surface area contributed by atoms with Crippen molar-refractivity contribution < 1.29 is 9.53 Å². The van der Waals surface area contributed by atoms with Gasteiger partial charge < -0.3 is 9.72 Å². The Morgan fingerprint density at radius 3 is 2.86 bits per heavy atom. The molecule has 0 aliphatic heterocycles. The van der Waals surface area contributed by atoms with E-state index in [4.69, 9.17) is 4.74 Å². The Hall–Kier alpha value is -2.55. The Bertz CT molecular complexity index is 773. The molecule has 1 aromatic heterocycles. The minimum absolute atomic E-state index is 0.173. The van der Waals surface area contributed by atoms with Gasteiger partial charge in [0.1, 0.15) is 0 Å². The molecule has 0 saturated heterocycles. The van der Waals surface area contributed by atoms with Crippen LogP contribution in [0.15, 0.2) is 54.7 Å². The van der Waals surface area contributed by atoms with Crippen molar-refractivity contribution in [2.45, 2.75) is 12.8 Å². The molecule has 3 aromatic rings. The highest BCUT2D eigenvalue weighted by Crippen LogP contribution is 2.28. The summed E-state index contributed by atoms with van der Waals surface area (Å²) in [5.41, 5.74) is 4.65. The van der Waals surface area contributed by atoms with Gasteiger partial charge in [0.05, 0.1) is 7.11 Å². The smallest absolute Gasteiger partial charge is 0.305 e. The number of methoxy groups -OCH3 is 1. The fourth-order valence-corrected chi connectivity index (χ4v) is 2.58. The standard InChI is InChI=1S/C18H17NO2/c1-21-18(20)9-8-13-4-2-5-14(12-13)15-6-3-7-17-16(15)10-11-19-17/h2-7,10-12,19H,8-9H2,1H3. The molecule has 3 heteroatoms. The highest BCUT2D eigenvalue weighted by atomic mass is 16.5. The first-order valence-corrected chi connectivity index (χ1v) is 7.00. The van der Waals surface area contributed by atoms with Crippen LogP contribution in [0.25, 0.3) is 22.0 Å². The number of H-pyrrole nitrogens is 1. The number of benzene rings is 2. The first-order chi connectivity index (χ1) is 10.3. The fraction of sp³-hybridized carbons (Fsp3) is 0.167. The minimum atomic E-state index is -0.173. The van der Waals surface area contributed by atoms with Gasteiger partial charge >= 0.3 is 5.97 Å². The van der Waals surface area contributed by atoms with Crippen LogP contribution in [0, 0.1) is 0 Å². The number of aromatic amines is 1. The van der Waals surface area contributed by atoms with Gasteiger partial charge in [0.2, 0.25) is 0 Å². The zero-order valence-electron chi connectivity index (χ0n) is 11.9. The molecule has 3 rings (SSSR count). The van der Waals surface area contributed by atoms with E-state index in [1.165, 1.54) is 23.6 Å². The van der Waals surface area contributed by atoms with E-state index in [0.717, 1.165) is 11.1 Å². The molecule has 1 heterocycles. The number of esters is 1. The van der Waals surface area contributed by atoms with Gasteiger partial charge in [0.15, 0.2) is 0 Å². The van der Waals surface area contributed by atoms with E-state index < -0.39 is 0 Å². The molecule has 0 fully saturated rings. The predicted molar refractivity (Wildman–Crippen MR) is 84.1 cm³/mol. The number of fused-ring (bicyclic) bond motifs is 1. The van der Waals surface area contributed by atoms with Gasteiger partial charge in [-0.3, -0.25) is 4.79 Å². The number of carbonyl (C=O) groups is 1. The molecule has 2 aromatic carbocycles. The van der Waals surface area contributed by atoms with Crippen LogP contribution in [0.2, 0.25) is 0 Å². The number of carbonyl (C=O) groups excluding carboxylic acids is 1. The molecule has 1 N–H and O–H groups in total. The highest BCUT2D eigenvalue weighted by Gasteiger charge is 2.06. The molecule has 0 aliphatic carbocycles. The molecule has 0 aliphatic rings. The van der Waals surface area contributed by atoms with Gasteiger partial charge in [-0.25, -0.2) is 0 Å². The lowest BCUT2D eigenvalue weighted by Crippen LogP contribution is -2.01. The number of hydrogen-bond acceptors (Lipinski definition) is 2. The van der Waals surface area contributed by atoms with E-state index in [0.29, 0.717) is 12.8 Å². The summed E-state index contributed by atoms with van der Waals surface area (Å²) in [5.74, 6) is -0.173. The van der Waals surface area contributed by atoms with Crippen molar-refractivity contribution >= 4 is 16.9 Å². The summed E-state index contributed by atoms with van der Waals surface area (Å²) in [6, 6.07) is 16.7. The summed E-state index contributed by atoms with van der Waals surface area (Å²) in [6.07, 6.45) is 3.06. The topological polar surface area (TPSA) is 42.1 Å². The Morgan fingerprint density at radius 1 is 1.14 bits per heavy atom. The number of rotatable bonds is 4. The summed E-state index contributed by atoms with van der Waals surface area (Å²) in [6.45, 7) is 0. The van der Waals surface area contributed by atoms with Crippen LogP contribution in [-0.4, -0.2) is 18.1 Å². The van der Waals surface area contributed by atoms with Gasteiger partial charge in [-0.05, 0) is 35.2 Å². The zero-order chi connectivity index (χ0) is 14.7. The first kappa shape index (κ1) is 13.4. The van der Waals surface area contributed by atoms with E-state index in [-0.39, 0.29) is 5.97 Å². The second kappa shape index (κ2) is 5.83. The summed E-state index contributed by atoms with van der Waals surface area (Å²) in [7, 11) is 1.42. The number of aryl methyl sites for hydroxylation is 1. The van der Waals surface area contributed by atoms with Crippen molar-refractivity contribution in [1.82, 2.24) is 4.98 Å². The fourth-order valence-electron chi connectivity index (χ4n) is 2.58. The molecule has 0 radical (unpaired) electrons. The molecule has 0 unspecified atom stereocenters. The number of ether oxygens (including phenoxy) is 1. The van der Waals surface area contributed by atoms with Gasteiger partial charge in [0, 0.05) is 23.5 Å².